The normalized spacial score (nSPS) is 10.6. The van der Waals surface area contributed by atoms with Gasteiger partial charge >= 0.3 is 0 Å². The number of hydrogen-bond acceptors (Lipinski definition) is 6. The first-order valence-electron chi connectivity index (χ1n) is 6.57. The van der Waals surface area contributed by atoms with Crippen LogP contribution in [-0.2, 0) is 0 Å². The van der Waals surface area contributed by atoms with Gasteiger partial charge in [-0.1, -0.05) is 0 Å². The van der Waals surface area contributed by atoms with Crippen LogP contribution in [0.4, 0.5) is 24.8 Å². The van der Waals surface area contributed by atoms with Crippen LogP contribution in [-0.4, -0.2) is 25.2 Å². The Balaban J connectivity index is 1.93. The highest BCUT2D eigenvalue weighted by molar-refractivity contribution is 5.67. The summed E-state index contributed by atoms with van der Waals surface area (Å²) in [5, 5.41) is 21.2. The summed E-state index contributed by atoms with van der Waals surface area (Å²) in [5.41, 5.74) is 0.792. The molecule has 0 aliphatic carbocycles. The van der Waals surface area contributed by atoms with Crippen molar-refractivity contribution >= 4 is 11.6 Å². The second-order valence-electron chi connectivity index (χ2n) is 4.71. The van der Waals surface area contributed by atoms with Gasteiger partial charge in [-0.3, -0.25) is 0 Å². The second kappa shape index (κ2) is 6.03. The molecule has 0 atom stereocenters. The van der Waals surface area contributed by atoms with Gasteiger partial charge in [-0.25, -0.2) is 18.7 Å². The topological polar surface area (TPSA) is 91.2 Å². The minimum absolute atomic E-state index is 0.0740. The fourth-order valence-electron chi connectivity index (χ4n) is 1.92. The molecule has 1 aromatic carbocycles. The minimum Gasteiger partial charge on any atom is -0.504 e. The Kier molecular flexibility index (Phi) is 3.90. The predicted molar refractivity (Wildman–Crippen MR) is 78.2 cm³/mol. The highest BCUT2D eigenvalue weighted by atomic mass is 19.2. The van der Waals surface area contributed by atoms with Crippen LogP contribution < -0.4 is 5.32 Å². The molecule has 0 aliphatic rings. The van der Waals surface area contributed by atoms with Gasteiger partial charge in [0.2, 0.25) is 0 Å². The number of pyridine rings is 1. The van der Waals surface area contributed by atoms with Crippen LogP contribution in [0.25, 0.3) is 11.3 Å². The Bertz CT molecular complexity index is 921. The van der Waals surface area contributed by atoms with Crippen LogP contribution in [0.15, 0.2) is 36.7 Å². The minimum atomic E-state index is -1.45. The smallest absolute Gasteiger partial charge is 0.251 e. The van der Waals surface area contributed by atoms with Crippen LogP contribution in [0.3, 0.4) is 0 Å². The van der Waals surface area contributed by atoms with Crippen molar-refractivity contribution in [2.75, 3.05) is 5.32 Å². The number of phenols is 2. The highest BCUT2D eigenvalue weighted by Gasteiger charge is 2.13. The van der Waals surface area contributed by atoms with E-state index in [1.54, 1.807) is 0 Å². The molecule has 9 heteroatoms. The lowest BCUT2D eigenvalue weighted by Crippen LogP contribution is -2.03. The summed E-state index contributed by atoms with van der Waals surface area (Å²) in [4.78, 5) is 11.0. The molecule has 0 bridgehead atoms. The zero-order chi connectivity index (χ0) is 17.3. The average Bonchev–Trinajstić information content (AvgIpc) is 2.55. The standard InChI is InChI=1S/C15H9F3N4O2/c16-8-4-9(17)15(22-14(8)18)21-13-5-10(19-6-20-13)7-1-2-11(23)12(24)3-7/h1-6,23-24H,(H,19,20,21,22). The summed E-state index contributed by atoms with van der Waals surface area (Å²) >= 11 is 0. The maximum atomic E-state index is 13.6. The van der Waals surface area contributed by atoms with E-state index in [0.29, 0.717) is 17.3 Å². The highest BCUT2D eigenvalue weighted by Crippen LogP contribution is 2.30. The quantitative estimate of drug-likeness (QED) is 0.504. The number of nitrogens with zero attached hydrogens (tertiary/aromatic N) is 3. The molecule has 0 unspecified atom stereocenters. The van der Waals surface area contributed by atoms with E-state index in [1.165, 1.54) is 24.3 Å². The molecule has 0 radical (unpaired) electrons. The molecule has 0 aliphatic heterocycles. The number of aromatic nitrogens is 3. The number of halogens is 3. The van der Waals surface area contributed by atoms with E-state index in [4.69, 9.17) is 0 Å². The maximum absolute atomic E-state index is 13.6. The predicted octanol–water partition coefficient (Wildman–Crippen LogP) is 3.11. The molecular formula is C15H9F3N4O2. The molecule has 3 rings (SSSR count). The Morgan fingerprint density at radius 3 is 2.42 bits per heavy atom. The summed E-state index contributed by atoms with van der Waals surface area (Å²) < 4.78 is 39.6. The molecule has 0 saturated carbocycles. The van der Waals surface area contributed by atoms with Crippen molar-refractivity contribution in [1.82, 2.24) is 15.0 Å². The van der Waals surface area contributed by atoms with Gasteiger partial charge in [0.25, 0.3) is 5.95 Å². The van der Waals surface area contributed by atoms with Crippen LogP contribution >= 0.6 is 0 Å². The van der Waals surface area contributed by atoms with E-state index >= 15 is 0 Å². The van der Waals surface area contributed by atoms with E-state index in [-0.39, 0.29) is 17.3 Å². The van der Waals surface area contributed by atoms with E-state index in [9.17, 15) is 23.4 Å². The number of hydrogen-bond donors (Lipinski definition) is 3. The summed E-state index contributed by atoms with van der Waals surface area (Å²) in [6, 6.07) is 5.80. The van der Waals surface area contributed by atoms with E-state index in [2.05, 4.69) is 20.3 Å². The Labute approximate surface area is 133 Å². The van der Waals surface area contributed by atoms with Crippen molar-refractivity contribution in [3.63, 3.8) is 0 Å². The second-order valence-corrected chi connectivity index (χ2v) is 4.71. The molecule has 6 nitrogen and oxygen atoms in total. The van der Waals surface area contributed by atoms with Gasteiger partial charge in [-0.2, -0.15) is 9.37 Å². The summed E-state index contributed by atoms with van der Waals surface area (Å²) in [6.07, 6.45) is 1.15. The zero-order valence-corrected chi connectivity index (χ0v) is 11.8. The molecule has 2 heterocycles. The van der Waals surface area contributed by atoms with Crippen molar-refractivity contribution in [3.8, 4) is 22.8 Å². The monoisotopic (exact) mass is 334 g/mol. The lowest BCUT2D eigenvalue weighted by molar-refractivity contribution is 0.404. The molecule has 2 aromatic heterocycles. The SMILES string of the molecule is Oc1ccc(-c2cc(Nc3nc(F)c(F)cc3F)ncn2)cc1O. The maximum Gasteiger partial charge on any atom is 0.251 e. The third kappa shape index (κ3) is 3.05. The lowest BCUT2D eigenvalue weighted by Gasteiger charge is -2.08. The van der Waals surface area contributed by atoms with Crippen molar-refractivity contribution in [3.05, 3.63) is 54.2 Å². The molecule has 0 spiro atoms. The van der Waals surface area contributed by atoms with Crippen LogP contribution in [0.2, 0.25) is 0 Å². The van der Waals surface area contributed by atoms with E-state index < -0.39 is 23.4 Å². The fourth-order valence-corrected chi connectivity index (χ4v) is 1.92. The van der Waals surface area contributed by atoms with Gasteiger partial charge in [0.1, 0.15) is 12.1 Å². The first-order chi connectivity index (χ1) is 11.4. The van der Waals surface area contributed by atoms with Crippen molar-refractivity contribution < 1.29 is 23.4 Å². The lowest BCUT2D eigenvalue weighted by atomic mass is 10.1. The first-order valence-corrected chi connectivity index (χ1v) is 6.57. The number of benzene rings is 1. The Morgan fingerprint density at radius 1 is 0.875 bits per heavy atom. The molecule has 3 aromatic rings. The number of rotatable bonds is 3. The number of phenolic OH excluding ortho intramolecular Hbond substituents is 2. The molecule has 3 N–H and O–H groups in total. The van der Waals surface area contributed by atoms with Gasteiger partial charge in [0.05, 0.1) is 5.69 Å². The molecular weight excluding hydrogens is 325 g/mol. The summed E-state index contributed by atoms with van der Waals surface area (Å²) in [5.74, 6) is -5.03. The first kappa shape index (κ1) is 15.5. The Morgan fingerprint density at radius 2 is 1.67 bits per heavy atom. The number of anilines is 2. The van der Waals surface area contributed by atoms with Crippen molar-refractivity contribution in [2.24, 2.45) is 0 Å². The number of aromatic hydroxyl groups is 2. The van der Waals surface area contributed by atoms with Crippen LogP contribution in [0.5, 0.6) is 11.5 Å². The van der Waals surface area contributed by atoms with Crippen LogP contribution in [0.1, 0.15) is 0 Å². The largest absolute Gasteiger partial charge is 0.504 e. The fraction of sp³-hybridized carbons (Fsp3) is 0. The Hall–Kier alpha value is -3.36. The summed E-state index contributed by atoms with van der Waals surface area (Å²) in [7, 11) is 0. The van der Waals surface area contributed by atoms with E-state index in [0.717, 1.165) is 6.33 Å². The third-order valence-corrected chi connectivity index (χ3v) is 3.07. The van der Waals surface area contributed by atoms with E-state index in [1.807, 2.05) is 0 Å². The summed E-state index contributed by atoms with van der Waals surface area (Å²) in [6.45, 7) is 0. The molecule has 0 saturated heterocycles. The molecule has 24 heavy (non-hydrogen) atoms. The molecule has 0 amide bonds. The third-order valence-electron chi connectivity index (χ3n) is 3.07. The van der Waals surface area contributed by atoms with Crippen molar-refractivity contribution in [1.29, 1.82) is 0 Å². The number of nitrogens with one attached hydrogen (secondary N) is 1. The van der Waals surface area contributed by atoms with Gasteiger partial charge in [-0.05, 0) is 18.2 Å². The van der Waals surface area contributed by atoms with Crippen LogP contribution in [0, 0.1) is 17.6 Å². The van der Waals surface area contributed by atoms with Crippen molar-refractivity contribution in [2.45, 2.75) is 0 Å². The molecule has 0 fully saturated rings. The van der Waals surface area contributed by atoms with Gasteiger partial charge < -0.3 is 15.5 Å². The van der Waals surface area contributed by atoms with Gasteiger partial charge in [-0.15, -0.1) is 0 Å². The van der Waals surface area contributed by atoms with Gasteiger partial charge in [0, 0.05) is 17.7 Å². The average molecular weight is 334 g/mol. The van der Waals surface area contributed by atoms with Gasteiger partial charge in [0.15, 0.2) is 29.0 Å². The molecule has 122 valence electrons. The zero-order valence-electron chi connectivity index (χ0n) is 11.8.